The summed E-state index contributed by atoms with van der Waals surface area (Å²) in [5.41, 5.74) is 6.57. The largest absolute Gasteiger partial charge is 0.480 e. The summed E-state index contributed by atoms with van der Waals surface area (Å²) in [6, 6.07) is 10.1. The summed E-state index contributed by atoms with van der Waals surface area (Å²) in [7, 11) is 1.45. The molecule has 2 aromatic carbocycles. The molecule has 0 heterocycles. The number of carbonyl (C=O) groups is 2. The van der Waals surface area contributed by atoms with E-state index in [0.29, 0.717) is 11.3 Å². The van der Waals surface area contributed by atoms with Crippen LogP contribution in [0.1, 0.15) is 17.3 Å². The van der Waals surface area contributed by atoms with Crippen LogP contribution in [-0.2, 0) is 4.79 Å². The Labute approximate surface area is 116 Å². The van der Waals surface area contributed by atoms with E-state index in [4.69, 9.17) is 10.8 Å². The molecule has 0 saturated carbocycles. The molecule has 2 aromatic rings. The van der Waals surface area contributed by atoms with Crippen molar-refractivity contribution in [1.82, 2.24) is 4.90 Å². The zero-order chi connectivity index (χ0) is 14.9. The fraction of sp³-hybridized carbons (Fsp3) is 0.200. The number of nitrogens with two attached hydrogens (primary N) is 1. The van der Waals surface area contributed by atoms with Crippen molar-refractivity contribution >= 4 is 28.3 Å². The molecule has 1 unspecified atom stereocenters. The first kappa shape index (κ1) is 13.9. The lowest BCUT2D eigenvalue weighted by molar-refractivity contribution is -0.141. The third-order valence-corrected chi connectivity index (χ3v) is 3.41. The molecule has 0 saturated heterocycles. The van der Waals surface area contributed by atoms with Gasteiger partial charge in [0.15, 0.2) is 0 Å². The van der Waals surface area contributed by atoms with E-state index >= 15 is 0 Å². The van der Waals surface area contributed by atoms with E-state index in [9.17, 15) is 9.59 Å². The van der Waals surface area contributed by atoms with Gasteiger partial charge in [-0.1, -0.05) is 24.3 Å². The molecule has 0 aromatic heterocycles. The van der Waals surface area contributed by atoms with Crippen molar-refractivity contribution in [3.63, 3.8) is 0 Å². The van der Waals surface area contributed by atoms with E-state index in [-0.39, 0.29) is 0 Å². The molecule has 0 aliphatic rings. The lowest BCUT2D eigenvalue weighted by Gasteiger charge is -2.22. The zero-order valence-corrected chi connectivity index (χ0v) is 11.3. The van der Waals surface area contributed by atoms with Crippen LogP contribution in [0.25, 0.3) is 10.8 Å². The minimum atomic E-state index is -1.06. The summed E-state index contributed by atoms with van der Waals surface area (Å²) in [5, 5.41) is 10.8. The lowest BCUT2D eigenvalue weighted by atomic mass is 10.0. The summed E-state index contributed by atoms with van der Waals surface area (Å²) < 4.78 is 0. The summed E-state index contributed by atoms with van der Waals surface area (Å²) in [4.78, 5) is 24.5. The number of likely N-dealkylation sites (N-methyl/N-ethyl adjacent to an activating group) is 1. The maximum Gasteiger partial charge on any atom is 0.326 e. The van der Waals surface area contributed by atoms with E-state index in [1.54, 1.807) is 12.1 Å². The summed E-state index contributed by atoms with van der Waals surface area (Å²) in [5.74, 6) is -1.46. The number of fused-ring (bicyclic) bond motifs is 1. The van der Waals surface area contributed by atoms with Crippen molar-refractivity contribution in [3.05, 3.63) is 42.0 Å². The molecule has 0 spiro atoms. The van der Waals surface area contributed by atoms with Gasteiger partial charge < -0.3 is 15.7 Å². The summed E-state index contributed by atoms with van der Waals surface area (Å²) in [6.07, 6.45) is 0. The number of aliphatic carboxylic acids is 1. The number of nitrogen functional groups attached to an aromatic ring is 1. The Morgan fingerprint density at radius 2 is 1.75 bits per heavy atom. The number of anilines is 1. The van der Waals surface area contributed by atoms with Gasteiger partial charge in [0.1, 0.15) is 6.04 Å². The average molecular weight is 272 g/mol. The predicted octanol–water partition coefficient (Wildman–Crippen LogP) is 1.97. The first-order valence-electron chi connectivity index (χ1n) is 6.20. The fourth-order valence-electron chi connectivity index (χ4n) is 1.97. The number of rotatable bonds is 3. The van der Waals surface area contributed by atoms with Gasteiger partial charge in [0.05, 0.1) is 5.56 Å². The van der Waals surface area contributed by atoms with Crippen LogP contribution < -0.4 is 5.73 Å². The van der Waals surface area contributed by atoms with Crippen LogP contribution >= 0.6 is 0 Å². The number of hydrogen-bond donors (Lipinski definition) is 2. The Balaban J connectivity index is 2.44. The van der Waals surface area contributed by atoms with Gasteiger partial charge in [-0.05, 0) is 29.8 Å². The van der Waals surface area contributed by atoms with E-state index in [1.807, 2.05) is 24.3 Å². The third kappa shape index (κ3) is 2.42. The molecule has 0 aliphatic heterocycles. The highest BCUT2D eigenvalue weighted by Crippen LogP contribution is 2.23. The number of benzene rings is 2. The number of carbonyl (C=O) groups excluding carboxylic acids is 1. The minimum Gasteiger partial charge on any atom is -0.480 e. The van der Waals surface area contributed by atoms with Gasteiger partial charge in [-0.15, -0.1) is 0 Å². The van der Waals surface area contributed by atoms with Gasteiger partial charge in [0.25, 0.3) is 5.91 Å². The van der Waals surface area contributed by atoms with Crippen molar-refractivity contribution in [2.24, 2.45) is 0 Å². The van der Waals surface area contributed by atoms with Crippen molar-refractivity contribution in [2.45, 2.75) is 13.0 Å². The highest BCUT2D eigenvalue weighted by molar-refractivity contribution is 6.04. The number of carboxylic acid groups (broad SMARTS) is 1. The Morgan fingerprint density at radius 1 is 1.20 bits per heavy atom. The molecule has 2 rings (SSSR count). The molecule has 5 nitrogen and oxygen atoms in total. The second-order valence-corrected chi connectivity index (χ2v) is 4.72. The molecular formula is C15H16N2O3. The Kier molecular flexibility index (Phi) is 3.61. The molecule has 0 bridgehead atoms. The molecule has 0 radical (unpaired) electrons. The van der Waals surface area contributed by atoms with Crippen LogP contribution in [0.4, 0.5) is 5.69 Å². The van der Waals surface area contributed by atoms with Crippen molar-refractivity contribution in [3.8, 4) is 0 Å². The van der Waals surface area contributed by atoms with Crippen molar-refractivity contribution in [2.75, 3.05) is 12.8 Å². The number of hydrogen-bond acceptors (Lipinski definition) is 3. The summed E-state index contributed by atoms with van der Waals surface area (Å²) in [6.45, 7) is 1.46. The van der Waals surface area contributed by atoms with Gasteiger partial charge in [-0.25, -0.2) is 4.79 Å². The Bertz CT molecular complexity index is 682. The highest BCUT2D eigenvalue weighted by atomic mass is 16.4. The molecule has 104 valence electrons. The molecule has 0 aliphatic carbocycles. The van der Waals surface area contributed by atoms with Crippen LogP contribution in [0, 0.1) is 0 Å². The lowest BCUT2D eigenvalue weighted by Crippen LogP contribution is -2.40. The molecule has 1 atom stereocenters. The topological polar surface area (TPSA) is 83.6 Å². The van der Waals surface area contributed by atoms with Crippen molar-refractivity contribution < 1.29 is 14.7 Å². The fourth-order valence-corrected chi connectivity index (χ4v) is 1.97. The Morgan fingerprint density at radius 3 is 2.30 bits per heavy atom. The first-order valence-corrected chi connectivity index (χ1v) is 6.20. The van der Waals surface area contributed by atoms with Crippen molar-refractivity contribution in [1.29, 1.82) is 0 Å². The number of amides is 1. The Hall–Kier alpha value is -2.56. The van der Waals surface area contributed by atoms with E-state index in [0.717, 1.165) is 10.8 Å². The zero-order valence-electron chi connectivity index (χ0n) is 11.3. The summed E-state index contributed by atoms with van der Waals surface area (Å²) >= 11 is 0. The first-order chi connectivity index (χ1) is 9.41. The maximum absolute atomic E-state index is 12.3. The smallest absolute Gasteiger partial charge is 0.326 e. The highest BCUT2D eigenvalue weighted by Gasteiger charge is 2.24. The van der Waals surface area contributed by atoms with Crippen LogP contribution in [0.3, 0.4) is 0 Å². The van der Waals surface area contributed by atoms with Gasteiger partial charge in [-0.2, -0.15) is 0 Å². The van der Waals surface area contributed by atoms with E-state index in [1.165, 1.54) is 18.9 Å². The van der Waals surface area contributed by atoms with Crippen LogP contribution in [0.2, 0.25) is 0 Å². The standard InChI is InChI=1S/C15H16N2O3/c1-9(15(19)20)17(2)14(18)12-7-10-5-3-4-6-11(10)8-13(12)16/h3-9H,16H2,1-2H3,(H,19,20). The normalized spacial score (nSPS) is 12.1. The average Bonchev–Trinajstić information content (AvgIpc) is 2.44. The quantitative estimate of drug-likeness (QED) is 0.837. The molecule has 0 fully saturated rings. The second kappa shape index (κ2) is 5.21. The van der Waals surface area contributed by atoms with Crippen LogP contribution in [0.5, 0.6) is 0 Å². The molecule has 20 heavy (non-hydrogen) atoms. The predicted molar refractivity (Wildman–Crippen MR) is 77.6 cm³/mol. The SMILES string of the molecule is CC(C(=O)O)N(C)C(=O)c1cc2ccccc2cc1N. The number of carboxylic acids is 1. The minimum absolute atomic E-state index is 0.319. The molecule has 3 N–H and O–H groups in total. The van der Waals surface area contributed by atoms with Crippen LogP contribution in [0.15, 0.2) is 36.4 Å². The van der Waals surface area contributed by atoms with Gasteiger partial charge in [0.2, 0.25) is 0 Å². The monoisotopic (exact) mass is 272 g/mol. The maximum atomic E-state index is 12.3. The molecule has 1 amide bonds. The second-order valence-electron chi connectivity index (χ2n) is 4.72. The third-order valence-electron chi connectivity index (χ3n) is 3.41. The number of nitrogens with zero attached hydrogens (tertiary/aromatic N) is 1. The van der Waals surface area contributed by atoms with Gasteiger partial charge in [-0.3, -0.25) is 4.79 Å². The van der Waals surface area contributed by atoms with Gasteiger partial charge >= 0.3 is 5.97 Å². The molecular weight excluding hydrogens is 256 g/mol. The van der Waals surface area contributed by atoms with E-state index in [2.05, 4.69) is 0 Å². The van der Waals surface area contributed by atoms with Crippen LogP contribution in [-0.4, -0.2) is 35.0 Å². The van der Waals surface area contributed by atoms with E-state index < -0.39 is 17.9 Å². The van der Waals surface area contributed by atoms with Gasteiger partial charge in [0, 0.05) is 12.7 Å². The molecule has 5 heteroatoms.